The fraction of sp³-hybridized carbons (Fsp3) is 0. The minimum Gasteiger partial charge on any atom is -0.345 e. The van der Waals surface area contributed by atoms with E-state index in [2.05, 4.69) is 15.5 Å². The summed E-state index contributed by atoms with van der Waals surface area (Å²) in [4.78, 5) is 6.88. The van der Waals surface area contributed by atoms with Gasteiger partial charge in [-0.2, -0.15) is 0 Å². The van der Waals surface area contributed by atoms with Gasteiger partial charge in [-0.25, -0.2) is 4.98 Å². The third kappa shape index (κ3) is 0.391. The van der Waals surface area contributed by atoms with Crippen molar-refractivity contribution >= 4 is 21.7 Å². The molecule has 1 N–H and O–H groups in total. The van der Waals surface area contributed by atoms with Crippen molar-refractivity contribution < 1.29 is 0 Å². The Morgan fingerprint density at radius 1 is 1.75 bits per heavy atom. The van der Waals surface area contributed by atoms with Gasteiger partial charge < -0.3 is 4.98 Å². The molecule has 0 aliphatic heterocycles. The molecule has 0 spiro atoms. The number of nitrogens with zero attached hydrogens (tertiary/aromatic N) is 1. The molecule has 0 amide bonds. The molecular formula is C5H3N2S. The molecule has 0 unspecified atom stereocenters. The normalized spacial score (nSPS) is 10.5. The molecule has 2 aromatic rings. The van der Waals surface area contributed by atoms with Gasteiger partial charge in [-0.1, -0.05) is 0 Å². The molecule has 0 saturated heterocycles. The van der Waals surface area contributed by atoms with Gasteiger partial charge in [0.1, 0.15) is 5.65 Å². The van der Waals surface area contributed by atoms with Crippen molar-refractivity contribution in [3.63, 3.8) is 0 Å². The molecule has 2 rings (SSSR count). The Bertz CT molecular complexity index is 232. The molecule has 2 nitrogen and oxygen atoms in total. The number of hydrogen-bond acceptors (Lipinski definition) is 2. The molecule has 8 heavy (non-hydrogen) atoms. The second kappa shape index (κ2) is 1.32. The van der Waals surface area contributed by atoms with Crippen LogP contribution in [0.3, 0.4) is 0 Å². The third-order valence-corrected chi connectivity index (χ3v) is 1.73. The van der Waals surface area contributed by atoms with E-state index in [0.717, 1.165) is 5.65 Å². The van der Waals surface area contributed by atoms with Crippen molar-refractivity contribution in [2.45, 2.75) is 0 Å². The SMILES string of the molecule is [c]1nc2[nH]ccc2s1. The number of hydrogen-bond donors (Lipinski definition) is 1. The standard InChI is InChI=1S/C5H3N2S/c1-2-6-5-4(1)8-3-7-5/h1-2,6H. The van der Waals surface area contributed by atoms with Crippen LogP contribution in [0.1, 0.15) is 0 Å². The van der Waals surface area contributed by atoms with E-state index in [1.54, 1.807) is 0 Å². The molecule has 0 atom stereocenters. The van der Waals surface area contributed by atoms with Crippen molar-refractivity contribution in [2.24, 2.45) is 0 Å². The second-order valence-corrected chi connectivity index (χ2v) is 2.32. The number of aromatic nitrogens is 2. The summed E-state index contributed by atoms with van der Waals surface area (Å²) in [6.07, 6.45) is 1.88. The monoisotopic (exact) mass is 123 g/mol. The fourth-order valence-corrected chi connectivity index (χ4v) is 1.21. The summed E-state index contributed by atoms with van der Waals surface area (Å²) in [6.45, 7) is 0. The number of fused-ring (bicyclic) bond motifs is 1. The van der Waals surface area contributed by atoms with Crippen LogP contribution in [0.15, 0.2) is 12.3 Å². The van der Waals surface area contributed by atoms with Crippen LogP contribution in [0.25, 0.3) is 10.3 Å². The van der Waals surface area contributed by atoms with Crippen LogP contribution < -0.4 is 0 Å². The molecular weight excluding hydrogens is 120 g/mol. The van der Waals surface area contributed by atoms with Gasteiger partial charge in [0.2, 0.25) is 0 Å². The first-order valence-electron chi connectivity index (χ1n) is 2.27. The lowest BCUT2D eigenvalue weighted by molar-refractivity contribution is 1.36. The lowest BCUT2D eigenvalue weighted by Gasteiger charge is -1.64. The van der Waals surface area contributed by atoms with E-state index >= 15 is 0 Å². The van der Waals surface area contributed by atoms with Gasteiger partial charge in [0.25, 0.3) is 0 Å². The first-order chi connectivity index (χ1) is 3.97. The number of nitrogens with one attached hydrogen (secondary N) is 1. The fourth-order valence-electron chi connectivity index (χ4n) is 0.634. The average molecular weight is 123 g/mol. The van der Waals surface area contributed by atoms with Gasteiger partial charge in [-0.3, -0.25) is 0 Å². The Hall–Kier alpha value is -0.830. The van der Waals surface area contributed by atoms with E-state index in [1.165, 1.54) is 16.0 Å². The smallest absolute Gasteiger partial charge is 0.155 e. The van der Waals surface area contributed by atoms with Crippen LogP contribution in [0.5, 0.6) is 0 Å². The van der Waals surface area contributed by atoms with Crippen LogP contribution >= 0.6 is 11.3 Å². The van der Waals surface area contributed by atoms with Gasteiger partial charge in [-0.05, 0) is 6.07 Å². The number of thiazole rings is 1. The number of rotatable bonds is 0. The van der Waals surface area contributed by atoms with E-state index < -0.39 is 0 Å². The Labute approximate surface area is 50.2 Å². The quantitative estimate of drug-likeness (QED) is 0.564. The van der Waals surface area contributed by atoms with Crippen LogP contribution in [0.4, 0.5) is 0 Å². The maximum absolute atomic E-state index is 3.92. The zero-order valence-electron chi connectivity index (χ0n) is 4.01. The van der Waals surface area contributed by atoms with Crippen molar-refractivity contribution in [3.05, 3.63) is 17.8 Å². The van der Waals surface area contributed by atoms with Crippen molar-refractivity contribution in [3.8, 4) is 0 Å². The van der Waals surface area contributed by atoms with E-state index in [0.29, 0.717) is 0 Å². The zero-order valence-corrected chi connectivity index (χ0v) is 4.83. The summed E-state index contributed by atoms with van der Waals surface area (Å²) >= 11 is 1.53. The lowest BCUT2D eigenvalue weighted by Crippen LogP contribution is -1.59. The third-order valence-electron chi connectivity index (χ3n) is 1.00. The Morgan fingerprint density at radius 3 is 3.62 bits per heavy atom. The maximum Gasteiger partial charge on any atom is 0.155 e. The van der Waals surface area contributed by atoms with Gasteiger partial charge in [0, 0.05) is 6.20 Å². The first-order valence-corrected chi connectivity index (χ1v) is 3.08. The first kappa shape index (κ1) is 4.09. The highest BCUT2D eigenvalue weighted by molar-refractivity contribution is 7.16. The van der Waals surface area contributed by atoms with Crippen molar-refractivity contribution in [1.82, 2.24) is 9.97 Å². The highest BCUT2D eigenvalue weighted by Crippen LogP contribution is 2.13. The van der Waals surface area contributed by atoms with Gasteiger partial charge in [0.15, 0.2) is 5.51 Å². The zero-order chi connectivity index (χ0) is 5.40. The van der Waals surface area contributed by atoms with Gasteiger partial charge in [-0.15, -0.1) is 11.3 Å². The predicted molar refractivity (Wildman–Crippen MR) is 32.8 cm³/mol. The molecule has 0 bridgehead atoms. The van der Waals surface area contributed by atoms with Crippen LogP contribution in [0, 0.1) is 5.51 Å². The summed E-state index contributed by atoms with van der Waals surface area (Å²) in [7, 11) is 0. The highest BCUT2D eigenvalue weighted by Gasteiger charge is 1.92. The van der Waals surface area contributed by atoms with E-state index in [1.807, 2.05) is 12.3 Å². The Balaban J connectivity index is 3.06. The molecule has 39 valence electrons. The summed E-state index contributed by atoms with van der Waals surface area (Å²) in [5.74, 6) is 0. The molecule has 2 heterocycles. The highest BCUT2D eigenvalue weighted by atomic mass is 32.1. The Morgan fingerprint density at radius 2 is 2.75 bits per heavy atom. The predicted octanol–water partition coefficient (Wildman–Crippen LogP) is 1.42. The minimum atomic E-state index is 0.940. The average Bonchev–Trinajstić information content (AvgIpc) is 2.15. The maximum atomic E-state index is 3.92. The minimum absolute atomic E-state index is 0.940. The topological polar surface area (TPSA) is 28.7 Å². The van der Waals surface area contributed by atoms with Gasteiger partial charge >= 0.3 is 0 Å². The summed E-state index contributed by atoms with van der Waals surface area (Å²) in [6, 6.07) is 1.99. The van der Waals surface area contributed by atoms with Gasteiger partial charge in [0.05, 0.1) is 4.70 Å². The molecule has 0 aliphatic rings. The van der Waals surface area contributed by atoms with Crippen LogP contribution in [-0.4, -0.2) is 9.97 Å². The summed E-state index contributed by atoms with van der Waals surface area (Å²) in [5.41, 5.74) is 3.72. The molecule has 3 heteroatoms. The number of H-pyrrole nitrogens is 1. The van der Waals surface area contributed by atoms with Crippen molar-refractivity contribution in [1.29, 1.82) is 0 Å². The molecule has 1 radical (unpaired) electrons. The van der Waals surface area contributed by atoms with E-state index in [4.69, 9.17) is 0 Å². The van der Waals surface area contributed by atoms with E-state index in [-0.39, 0.29) is 0 Å². The summed E-state index contributed by atoms with van der Waals surface area (Å²) in [5, 5.41) is 0. The second-order valence-electron chi connectivity index (χ2n) is 1.50. The lowest BCUT2D eigenvalue weighted by atomic mass is 10.6. The van der Waals surface area contributed by atoms with E-state index in [9.17, 15) is 0 Å². The van der Waals surface area contributed by atoms with Crippen LogP contribution in [0.2, 0.25) is 0 Å². The molecule has 0 aromatic carbocycles. The Kier molecular flexibility index (Phi) is 0.676. The molecule has 2 aromatic heterocycles. The van der Waals surface area contributed by atoms with Crippen molar-refractivity contribution in [2.75, 3.05) is 0 Å². The molecule has 0 saturated carbocycles. The molecule has 0 aliphatic carbocycles. The summed E-state index contributed by atoms with van der Waals surface area (Å²) < 4.78 is 1.17. The molecule has 0 fully saturated rings. The van der Waals surface area contributed by atoms with Crippen LogP contribution in [-0.2, 0) is 0 Å². The number of aromatic amines is 1. The largest absolute Gasteiger partial charge is 0.345 e.